The Labute approximate surface area is 114 Å². The Morgan fingerprint density at radius 1 is 1.15 bits per heavy atom. The van der Waals surface area contributed by atoms with E-state index in [1.807, 2.05) is 0 Å². The van der Waals surface area contributed by atoms with Gasteiger partial charge < -0.3 is 26.0 Å². The summed E-state index contributed by atoms with van der Waals surface area (Å²) in [5, 5.41) is 26.5. The Morgan fingerprint density at radius 2 is 1.75 bits per heavy atom. The molecular weight excluding hydrogens is 272 g/mol. The van der Waals surface area contributed by atoms with Crippen LogP contribution in [0.5, 0.6) is 0 Å². The molecule has 0 bridgehead atoms. The van der Waals surface area contributed by atoms with Gasteiger partial charge in [-0.25, -0.2) is 4.79 Å². The molecule has 1 amide bonds. The maximum atomic E-state index is 11.9. The van der Waals surface area contributed by atoms with Gasteiger partial charge in [-0.05, 0) is 12.8 Å². The van der Waals surface area contributed by atoms with Crippen LogP contribution in [0.4, 0.5) is 0 Å². The van der Waals surface area contributed by atoms with Gasteiger partial charge in [0.25, 0.3) is 0 Å². The van der Waals surface area contributed by atoms with E-state index in [1.54, 1.807) is 0 Å². The minimum absolute atomic E-state index is 0.130. The highest BCUT2D eigenvalue weighted by molar-refractivity contribution is 5.86. The second-order valence-corrected chi connectivity index (χ2v) is 4.65. The molecule has 0 saturated carbocycles. The first-order valence-corrected chi connectivity index (χ1v) is 5.97. The Hall–Kier alpha value is -2.16. The zero-order valence-electron chi connectivity index (χ0n) is 10.6. The van der Waals surface area contributed by atoms with Gasteiger partial charge in [-0.3, -0.25) is 14.4 Å². The van der Waals surface area contributed by atoms with Crippen molar-refractivity contribution in [3.05, 3.63) is 0 Å². The average Bonchev–Trinajstić information content (AvgIpc) is 2.80. The highest BCUT2D eigenvalue weighted by Gasteiger charge is 2.42. The lowest BCUT2D eigenvalue weighted by Gasteiger charge is -2.21. The van der Waals surface area contributed by atoms with Gasteiger partial charge in [-0.2, -0.15) is 0 Å². The van der Waals surface area contributed by atoms with E-state index < -0.39 is 41.8 Å². The quantitative estimate of drug-likeness (QED) is 0.462. The van der Waals surface area contributed by atoms with Gasteiger partial charge >= 0.3 is 17.9 Å². The zero-order valence-corrected chi connectivity index (χ0v) is 10.6. The predicted octanol–water partition coefficient (Wildman–Crippen LogP) is -1.44. The van der Waals surface area contributed by atoms with Crippen LogP contribution in [0.3, 0.4) is 0 Å². The number of nitrogens with two attached hydrogens (primary N) is 1. The number of amides is 1. The molecule has 0 spiro atoms. The zero-order chi connectivity index (χ0) is 15.4. The second kappa shape index (κ2) is 6.33. The third kappa shape index (κ3) is 3.67. The second-order valence-electron chi connectivity index (χ2n) is 4.65. The maximum absolute atomic E-state index is 11.9. The number of rotatable bonds is 6. The van der Waals surface area contributed by atoms with Crippen LogP contribution >= 0.6 is 0 Å². The van der Waals surface area contributed by atoms with Gasteiger partial charge in [-0.15, -0.1) is 0 Å². The fourth-order valence-corrected chi connectivity index (χ4v) is 2.07. The lowest BCUT2D eigenvalue weighted by atomic mass is 10.1. The van der Waals surface area contributed by atoms with Crippen molar-refractivity contribution in [2.24, 2.45) is 11.7 Å². The minimum atomic E-state index is -1.27. The van der Waals surface area contributed by atoms with Crippen molar-refractivity contribution in [3.63, 3.8) is 0 Å². The molecule has 112 valence electrons. The Balaban J connectivity index is 2.67. The van der Waals surface area contributed by atoms with E-state index in [9.17, 15) is 19.2 Å². The van der Waals surface area contributed by atoms with E-state index in [2.05, 4.69) is 0 Å². The fourth-order valence-electron chi connectivity index (χ4n) is 2.07. The van der Waals surface area contributed by atoms with Gasteiger partial charge in [0.1, 0.15) is 12.1 Å². The van der Waals surface area contributed by atoms with E-state index in [4.69, 9.17) is 21.1 Å². The molecule has 0 radical (unpaired) electrons. The Bertz CT molecular complexity index is 436. The normalized spacial score (nSPS) is 23.4. The van der Waals surface area contributed by atoms with Gasteiger partial charge in [-0.1, -0.05) is 0 Å². The van der Waals surface area contributed by atoms with Crippen LogP contribution in [0, 0.1) is 5.92 Å². The van der Waals surface area contributed by atoms with E-state index in [0.717, 1.165) is 4.90 Å². The first kappa shape index (κ1) is 15.9. The molecule has 0 aromatic heterocycles. The number of aliphatic carboxylic acids is 3. The van der Waals surface area contributed by atoms with Crippen molar-refractivity contribution in [2.75, 3.05) is 6.54 Å². The molecule has 0 aromatic rings. The summed E-state index contributed by atoms with van der Waals surface area (Å²) in [5.41, 5.74) is 5.25. The van der Waals surface area contributed by atoms with Crippen LogP contribution in [-0.2, 0) is 19.2 Å². The van der Waals surface area contributed by atoms with Crippen LogP contribution < -0.4 is 5.73 Å². The van der Waals surface area contributed by atoms with Crippen molar-refractivity contribution in [3.8, 4) is 0 Å². The summed E-state index contributed by atoms with van der Waals surface area (Å²) in [4.78, 5) is 45.3. The van der Waals surface area contributed by atoms with Crippen molar-refractivity contribution in [1.29, 1.82) is 0 Å². The standard InChI is InChI=1S/C11H16N2O7/c12-6(10(17)18)1-2-8(14)13-4-5(9(15)16)3-7(13)11(19)20/h5-7H,1-4,12H2,(H,15,16)(H,17,18)(H,19,20)/t5?,6-,7?/m0/s1. The van der Waals surface area contributed by atoms with Gasteiger partial charge in [0.05, 0.1) is 5.92 Å². The van der Waals surface area contributed by atoms with Crippen LogP contribution in [0.25, 0.3) is 0 Å². The molecule has 1 aliphatic heterocycles. The highest BCUT2D eigenvalue weighted by Crippen LogP contribution is 2.25. The Kier molecular flexibility index (Phi) is 5.03. The molecule has 1 saturated heterocycles. The van der Waals surface area contributed by atoms with Crippen LogP contribution in [-0.4, -0.2) is 62.7 Å². The number of hydrogen-bond acceptors (Lipinski definition) is 5. The maximum Gasteiger partial charge on any atom is 0.326 e. The van der Waals surface area contributed by atoms with Crippen molar-refractivity contribution < 1.29 is 34.5 Å². The number of carboxylic acids is 3. The molecule has 2 unspecified atom stereocenters. The summed E-state index contributed by atoms with van der Waals surface area (Å²) >= 11 is 0. The molecule has 9 nitrogen and oxygen atoms in total. The van der Waals surface area contributed by atoms with Gasteiger partial charge in [0, 0.05) is 13.0 Å². The summed E-state index contributed by atoms with van der Waals surface area (Å²) in [5.74, 6) is -5.21. The van der Waals surface area contributed by atoms with Gasteiger partial charge in [0.2, 0.25) is 5.91 Å². The van der Waals surface area contributed by atoms with E-state index in [1.165, 1.54) is 0 Å². The largest absolute Gasteiger partial charge is 0.481 e. The molecule has 1 fully saturated rings. The van der Waals surface area contributed by atoms with Crippen LogP contribution in [0.15, 0.2) is 0 Å². The smallest absolute Gasteiger partial charge is 0.326 e. The van der Waals surface area contributed by atoms with E-state index in [0.29, 0.717) is 0 Å². The summed E-state index contributed by atoms with van der Waals surface area (Å²) in [6.07, 6.45) is -0.514. The molecule has 1 heterocycles. The SMILES string of the molecule is N[C@@H](CCC(=O)N1CC(C(=O)O)CC1C(=O)O)C(=O)O. The molecule has 0 aliphatic carbocycles. The monoisotopic (exact) mass is 288 g/mol. The third-order valence-electron chi connectivity index (χ3n) is 3.24. The van der Waals surface area contributed by atoms with E-state index >= 15 is 0 Å². The number of nitrogens with zero attached hydrogens (tertiary/aromatic N) is 1. The molecule has 5 N–H and O–H groups in total. The molecule has 1 rings (SSSR count). The number of carboxylic acid groups (broad SMARTS) is 3. The predicted molar refractivity (Wildman–Crippen MR) is 63.7 cm³/mol. The van der Waals surface area contributed by atoms with Crippen LogP contribution in [0.1, 0.15) is 19.3 Å². The molecule has 9 heteroatoms. The number of hydrogen-bond donors (Lipinski definition) is 4. The summed E-state index contributed by atoms with van der Waals surface area (Å²) < 4.78 is 0. The fraction of sp³-hybridized carbons (Fsp3) is 0.636. The highest BCUT2D eigenvalue weighted by atomic mass is 16.4. The van der Waals surface area contributed by atoms with Gasteiger partial charge in [0.15, 0.2) is 0 Å². The first-order valence-electron chi connectivity index (χ1n) is 5.97. The van der Waals surface area contributed by atoms with Crippen molar-refractivity contribution >= 4 is 23.8 Å². The first-order chi connectivity index (χ1) is 9.23. The molecule has 1 aliphatic rings. The number of carbonyl (C=O) groups is 4. The topological polar surface area (TPSA) is 158 Å². The van der Waals surface area contributed by atoms with E-state index in [-0.39, 0.29) is 25.8 Å². The van der Waals surface area contributed by atoms with Crippen molar-refractivity contribution in [1.82, 2.24) is 4.90 Å². The third-order valence-corrected chi connectivity index (χ3v) is 3.24. The Morgan fingerprint density at radius 3 is 2.20 bits per heavy atom. The van der Waals surface area contributed by atoms with Crippen molar-refractivity contribution in [2.45, 2.75) is 31.3 Å². The molecule has 20 heavy (non-hydrogen) atoms. The number of carbonyl (C=O) groups excluding carboxylic acids is 1. The summed E-state index contributed by atoms with van der Waals surface area (Å²) in [6.45, 7) is -0.187. The minimum Gasteiger partial charge on any atom is -0.481 e. The summed E-state index contributed by atoms with van der Waals surface area (Å²) in [7, 11) is 0. The van der Waals surface area contributed by atoms with Crippen LogP contribution in [0.2, 0.25) is 0 Å². The molecule has 0 aromatic carbocycles. The lowest BCUT2D eigenvalue weighted by molar-refractivity contribution is -0.148. The lowest BCUT2D eigenvalue weighted by Crippen LogP contribution is -2.41. The summed E-state index contributed by atoms with van der Waals surface area (Å²) in [6, 6.07) is -2.40. The average molecular weight is 288 g/mol. The molecular formula is C11H16N2O7. The molecule has 3 atom stereocenters. The number of likely N-dealkylation sites (tertiary alicyclic amines) is 1.